The van der Waals surface area contributed by atoms with Crippen molar-refractivity contribution in [3.63, 3.8) is 0 Å². The molecule has 1 fully saturated rings. The Kier molecular flexibility index (Phi) is 3.71. The van der Waals surface area contributed by atoms with E-state index in [1.165, 1.54) is 11.3 Å². The van der Waals surface area contributed by atoms with Crippen LogP contribution in [0.15, 0.2) is 17.5 Å². The summed E-state index contributed by atoms with van der Waals surface area (Å²) in [4.78, 5) is 38.4. The summed E-state index contributed by atoms with van der Waals surface area (Å²) < 4.78 is 0. The monoisotopic (exact) mass is 280 g/mol. The smallest absolute Gasteiger partial charge is 0.277 e. The molecule has 1 N–H and O–H groups in total. The van der Waals surface area contributed by atoms with Crippen LogP contribution in [0.25, 0.3) is 0 Å². The molecule has 1 aromatic heterocycles. The third kappa shape index (κ3) is 2.16. The molecule has 19 heavy (non-hydrogen) atoms. The lowest BCUT2D eigenvalue weighted by atomic mass is 9.78. The predicted molar refractivity (Wildman–Crippen MR) is 71.4 cm³/mol. The van der Waals surface area contributed by atoms with Gasteiger partial charge in [0.1, 0.15) is 5.41 Å². The lowest BCUT2D eigenvalue weighted by Crippen LogP contribution is -2.63. The average Bonchev–Trinajstić information content (AvgIpc) is 2.89. The van der Waals surface area contributed by atoms with Gasteiger partial charge in [-0.3, -0.25) is 19.8 Å². The molecule has 4 amide bonds. The van der Waals surface area contributed by atoms with Crippen molar-refractivity contribution in [2.75, 3.05) is 0 Å². The summed E-state index contributed by atoms with van der Waals surface area (Å²) in [6.45, 7) is 3.80. The van der Waals surface area contributed by atoms with E-state index in [1.54, 1.807) is 13.8 Å². The van der Waals surface area contributed by atoms with E-state index < -0.39 is 17.4 Å². The van der Waals surface area contributed by atoms with Crippen molar-refractivity contribution in [3.05, 3.63) is 22.4 Å². The Morgan fingerprint density at radius 3 is 2.47 bits per heavy atom. The van der Waals surface area contributed by atoms with Crippen LogP contribution in [0.1, 0.15) is 31.6 Å². The summed E-state index contributed by atoms with van der Waals surface area (Å²) in [7, 11) is 0. The number of rotatable bonds is 4. The van der Waals surface area contributed by atoms with Crippen LogP contribution in [-0.4, -0.2) is 22.7 Å². The van der Waals surface area contributed by atoms with Crippen molar-refractivity contribution in [1.29, 1.82) is 0 Å². The zero-order valence-corrected chi connectivity index (χ0v) is 11.8. The van der Waals surface area contributed by atoms with Gasteiger partial charge in [0.2, 0.25) is 11.8 Å². The molecule has 0 spiro atoms. The number of amides is 4. The van der Waals surface area contributed by atoms with Crippen LogP contribution in [0, 0.1) is 5.41 Å². The molecule has 0 aromatic carbocycles. The van der Waals surface area contributed by atoms with Gasteiger partial charge in [0.05, 0.1) is 6.54 Å². The van der Waals surface area contributed by atoms with E-state index in [4.69, 9.17) is 0 Å². The molecule has 0 atom stereocenters. The Bertz CT molecular complexity index is 506. The molecule has 1 aliphatic rings. The number of hydrogen-bond donors (Lipinski definition) is 1. The molecule has 6 heteroatoms. The number of thiophene rings is 1. The van der Waals surface area contributed by atoms with Gasteiger partial charge < -0.3 is 0 Å². The fraction of sp³-hybridized carbons (Fsp3) is 0.462. The lowest BCUT2D eigenvalue weighted by molar-refractivity contribution is -0.152. The average molecular weight is 280 g/mol. The standard InChI is InChI=1S/C13H16N2O3S/c1-3-13(4-2)10(16)14-12(18)15(11(13)17)8-9-6-5-7-19-9/h5-7H,3-4,8H2,1-2H3,(H,14,16,18). The van der Waals surface area contributed by atoms with Crippen molar-refractivity contribution in [3.8, 4) is 0 Å². The molecular formula is C13H16N2O3S. The summed E-state index contributed by atoms with van der Waals surface area (Å²) in [6.07, 6.45) is 0.783. The molecule has 2 heterocycles. The molecule has 0 aliphatic carbocycles. The zero-order chi connectivity index (χ0) is 14.0. The molecule has 0 unspecified atom stereocenters. The highest BCUT2D eigenvalue weighted by molar-refractivity contribution is 7.09. The zero-order valence-electron chi connectivity index (χ0n) is 10.9. The molecule has 1 aromatic rings. The summed E-state index contributed by atoms with van der Waals surface area (Å²) >= 11 is 1.48. The lowest BCUT2D eigenvalue weighted by Gasteiger charge is -2.38. The van der Waals surface area contributed by atoms with E-state index in [2.05, 4.69) is 5.32 Å². The highest BCUT2D eigenvalue weighted by atomic mass is 32.1. The van der Waals surface area contributed by atoms with Gasteiger partial charge in [0.25, 0.3) is 0 Å². The normalized spacial score (nSPS) is 18.6. The van der Waals surface area contributed by atoms with Gasteiger partial charge in [-0.05, 0) is 24.3 Å². The van der Waals surface area contributed by atoms with E-state index in [9.17, 15) is 14.4 Å². The number of nitrogens with one attached hydrogen (secondary N) is 1. The maximum Gasteiger partial charge on any atom is 0.331 e. The quantitative estimate of drug-likeness (QED) is 0.859. The third-order valence-corrected chi connectivity index (χ3v) is 4.52. The van der Waals surface area contributed by atoms with E-state index in [-0.39, 0.29) is 12.5 Å². The molecule has 102 valence electrons. The van der Waals surface area contributed by atoms with E-state index in [0.29, 0.717) is 12.8 Å². The second-order valence-corrected chi connectivity index (χ2v) is 5.55. The van der Waals surface area contributed by atoms with Crippen LogP contribution in [0.5, 0.6) is 0 Å². The van der Waals surface area contributed by atoms with Crippen molar-refractivity contribution in [1.82, 2.24) is 10.2 Å². The minimum atomic E-state index is -1.11. The minimum Gasteiger partial charge on any atom is -0.277 e. The van der Waals surface area contributed by atoms with Crippen LogP contribution in [0.3, 0.4) is 0 Å². The Hall–Kier alpha value is -1.69. The predicted octanol–water partition coefficient (Wildman–Crippen LogP) is 2.13. The van der Waals surface area contributed by atoms with Crippen molar-refractivity contribution >= 4 is 29.2 Å². The Morgan fingerprint density at radius 1 is 1.26 bits per heavy atom. The third-order valence-electron chi connectivity index (χ3n) is 3.66. The van der Waals surface area contributed by atoms with Gasteiger partial charge in [-0.15, -0.1) is 11.3 Å². The first kappa shape index (κ1) is 13.7. The van der Waals surface area contributed by atoms with Crippen LogP contribution in [0.4, 0.5) is 4.79 Å². The molecule has 0 bridgehead atoms. The molecule has 2 rings (SSSR count). The number of imide groups is 2. The van der Waals surface area contributed by atoms with Crippen LogP contribution >= 0.6 is 11.3 Å². The number of barbiturate groups is 1. The summed E-state index contributed by atoms with van der Waals surface area (Å²) in [5, 5.41) is 4.19. The van der Waals surface area contributed by atoms with Gasteiger partial charge in [0, 0.05) is 4.88 Å². The highest BCUT2D eigenvalue weighted by Crippen LogP contribution is 2.33. The Labute approximate surface area is 115 Å². The van der Waals surface area contributed by atoms with Gasteiger partial charge in [-0.2, -0.15) is 0 Å². The van der Waals surface area contributed by atoms with Crippen LogP contribution in [-0.2, 0) is 16.1 Å². The highest BCUT2D eigenvalue weighted by Gasteiger charge is 2.51. The van der Waals surface area contributed by atoms with Gasteiger partial charge in [-0.25, -0.2) is 4.79 Å². The minimum absolute atomic E-state index is 0.220. The first-order valence-electron chi connectivity index (χ1n) is 6.25. The number of urea groups is 1. The Balaban J connectivity index is 2.30. The number of carbonyl (C=O) groups excluding carboxylic acids is 3. The molecule has 1 aliphatic heterocycles. The van der Waals surface area contributed by atoms with Crippen molar-refractivity contribution < 1.29 is 14.4 Å². The topological polar surface area (TPSA) is 66.5 Å². The van der Waals surface area contributed by atoms with E-state index in [0.717, 1.165) is 9.78 Å². The maximum atomic E-state index is 12.5. The summed E-state index contributed by atoms with van der Waals surface area (Å²) in [5.74, 6) is -0.866. The molecular weight excluding hydrogens is 264 g/mol. The van der Waals surface area contributed by atoms with Gasteiger partial charge >= 0.3 is 6.03 Å². The number of hydrogen-bond acceptors (Lipinski definition) is 4. The molecule has 0 saturated carbocycles. The summed E-state index contributed by atoms with van der Waals surface area (Å²) in [5.41, 5.74) is -1.11. The van der Waals surface area contributed by atoms with E-state index in [1.807, 2.05) is 17.5 Å². The first-order valence-corrected chi connectivity index (χ1v) is 7.13. The maximum absolute atomic E-state index is 12.5. The van der Waals surface area contributed by atoms with Gasteiger partial charge in [-0.1, -0.05) is 19.9 Å². The van der Waals surface area contributed by atoms with Gasteiger partial charge in [0.15, 0.2) is 0 Å². The largest absolute Gasteiger partial charge is 0.331 e. The molecule has 0 radical (unpaired) electrons. The van der Waals surface area contributed by atoms with E-state index >= 15 is 0 Å². The number of nitrogens with zero attached hydrogens (tertiary/aromatic N) is 1. The molecule has 5 nitrogen and oxygen atoms in total. The SMILES string of the molecule is CCC1(CC)C(=O)NC(=O)N(Cc2cccs2)C1=O. The fourth-order valence-corrected chi connectivity index (χ4v) is 3.00. The van der Waals surface area contributed by atoms with Crippen molar-refractivity contribution in [2.45, 2.75) is 33.2 Å². The summed E-state index contributed by atoms with van der Waals surface area (Å²) in [6, 6.07) is 3.10. The van der Waals surface area contributed by atoms with Crippen LogP contribution in [0.2, 0.25) is 0 Å². The number of carbonyl (C=O) groups is 3. The second-order valence-electron chi connectivity index (χ2n) is 4.52. The fourth-order valence-electron chi connectivity index (χ4n) is 2.31. The van der Waals surface area contributed by atoms with Crippen molar-refractivity contribution in [2.24, 2.45) is 5.41 Å². The second kappa shape index (κ2) is 5.13. The molecule has 1 saturated heterocycles. The Morgan fingerprint density at radius 2 is 1.95 bits per heavy atom. The first-order chi connectivity index (χ1) is 9.05. The van der Waals surface area contributed by atoms with Crippen LogP contribution < -0.4 is 5.32 Å².